The Morgan fingerprint density at radius 2 is 1.69 bits per heavy atom. The van der Waals surface area contributed by atoms with Crippen molar-refractivity contribution in [1.82, 2.24) is 4.90 Å². The van der Waals surface area contributed by atoms with Crippen molar-refractivity contribution < 1.29 is 24.2 Å². The highest BCUT2D eigenvalue weighted by atomic mass is 32.2. The summed E-state index contributed by atoms with van der Waals surface area (Å²) in [6, 6.07) is 13.1. The molecule has 1 aliphatic carbocycles. The molecule has 1 aliphatic heterocycles. The highest BCUT2D eigenvalue weighted by Crippen LogP contribution is 2.30. The molecule has 2 aromatic carbocycles. The average molecular weight is 498 g/mol. The Labute approximate surface area is 209 Å². The summed E-state index contributed by atoms with van der Waals surface area (Å²) in [5, 5.41) is 14.7. The molecule has 0 aromatic heterocycles. The fourth-order valence-corrected chi connectivity index (χ4v) is 5.08. The number of anilines is 2. The summed E-state index contributed by atoms with van der Waals surface area (Å²) < 4.78 is 5.72. The number of hydrogen-bond acceptors (Lipinski definition) is 5. The van der Waals surface area contributed by atoms with Crippen LogP contribution in [0.15, 0.2) is 47.4 Å². The van der Waals surface area contributed by atoms with Gasteiger partial charge in [-0.05, 0) is 91.8 Å². The monoisotopic (exact) mass is 497 g/mol. The molecule has 3 N–H and O–H groups in total. The maximum atomic E-state index is 12.7. The topological polar surface area (TPSA) is 108 Å². The summed E-state index contributed by atoms with van der Waals surface area (Å²) >= 11 is 1.65. The van der Waals surface area contributed by atoms with Crippen LogP contribution in [0.25, 0.3) is 0 Å². The second-order valence-corrected chi connectivity index (χ2v) is 9.97. The van der Waals surface area contributed by atoms with E-state index in [1.54, 1.807) is 16.7 Å². The van der Waals surface area contributed by atoms with Crippen LogP contribution in [0.2, 0.25) is 0 Å². The van der Waals surface area contributed by atoms with E-state index in [9.17, 15) is 14.4 Å². The van der Waals surface area contributed by atoms with Crippen molar-refractivity contribution >= 4 is 41.2 Å². The summed E-state index contributed by atoms with van der Waals surface area (Å²) in [5.41, 5.74) is 3.57. The Morgan fingerprint density at radius 1 is 1.00 bits per heavy atom. The lowest BCUT2D eigenvalue weighted by Gasteiger charge is -2.32. The van der Waals surface area contributed by atoms with Gasteiger partial charge in [-0.25, -0.2) is 9.59 Å². The molecule has 186 valence electrons. The standard InChI is InChI=1S/C26H31N3O5S/c1-35-23-10-6-20(7-11-23)27-25(32)28-21-5-4-19-16-29(13-12-18(19)15-21)26(33)34-22-8-2-17(3-9-22)14-24(30)31/h4-7,10-11,15,17,22H,2-3,8-9,12-14,16H2,1H3,(H,30,31)(H2,27,28,32)/t17-,22-. The van der Waals surface area contributed by atoms with Crippen molar-refractivity contribution in [2.24, 2.45) is 5.92 Å². The van der Waals surface area contributed by atoms with Crippen LogP contribution in [0.3, 0.4) is 0 Å². The molecule has 8 nitrogen and oxygen atoms in total. The van der Waals surface area contributed by atoms with Crippen LogP contribution in [0.5, 0.6) is 0 Å². The number of thioether (sulfide) groups is 1. The number of carboxylic acids is 1. The number of benzene rings is 2. The Hall–Kier alpha value is -3.20. The van der Waals surface area contributed by atoms with Gasteiger partial charge < -0.3 is 25.4 Å². The van der Waals surface area contributed by atoms with E-state index in [4.69, 9.17) is 9.84 Å². The molecule has 2 aliphatic rings. The molecule has 0 radical (unpaired) electrons. The van der Waals surface area contributed by atoms with Crippen LogP contribution in [0, 0.1) is 5.92 Å². The molecule has 1 saturated carbocycles. The molecule has 4 rings (SSSR count). The number of amides is 3. The van der Waals surface area contributed by atoms with Crippen molar-refractivity contribution in [3.8, 4) is 0 Å². The maximum Gasteiger partial charge on any atom is 0.410 e. The highest BCUT2D eigenvalue weighted by molar-refractivity contribution is 7.98. The van der Waals surface area contributed by atoms with E-state index in [-0.39, 0.29) is 30.6 Å². The van der Waals surface area contributed by atoms with Crippen molar-refractivity contribution in [1.29, 1.82) is 0 Å². The molecule has 2 aromatic rings. The highest BCUT2D eigenvalue weighted by Gasteiger charge is 2.28. The number of nitrogens with one attached hydrogen (secondary N) is 2. The van der Waals surface area contributed by atoms with E-state index >= 15 is 0 Å². The molecular weight excluding hydrogens is 466 g/mol. The van der Waals surface area contributed by atoms with Crippen LogP contribution in [0.4, 0.5) is 21.0 Å². The molecular formula is C26H31N3O5S. The molecule has 1 heterocycles. The van der Waals surface area contributed by atoms with Crippen LogP contribution < -0.4 is 10.6 Å². The summed E-state index contributed by atoms with van der Waals surface area (Å²) in [4.78, 5) is 38.8. The van der Waals surface area contributed by atoms with Gasteiger partial charge in [-0.3, -0.25) is 4.79 Å². The van der Waals surface area contributed by atoms with E-state index in [0.717, 1.165) is 34.6 Å². The lowest BCUT2D eigenvalue weighted by atomic mass is 9.85. The lowest BCUT2D eigenvalue weighted by molar-refractivity contribution is -0.138. The predicted molar refractivity (Wildman–Crippen MR) is 136 cm³/mol. The number of hydrogen-bond donors (Lipinski definition) is 3. The first-order valence-electron chi connectivity index (χ1n) is 11.9. The summed E-state index contributed by atoms with van der Waals surface area (Å²) in [6.07, 6.45) is 5.40. The van der Waals surface area contributed by atoms with Crippen molar-refractivity contribution in [3.63, 3.8) is 0 Å². The second kappa shape index (κ2) is 11.5. The normalized spacial score (nSPS) is 19.4. The summed E-state index contributed by atoms with van der Waals surface area (Å²) in [6.45, 7) is 1.02. The quantitative estimate of drug-likeness (QED) is 0.450. The van der Waals surface area contributed by atoms with Crippen molar-refractivity contribution in [3.05, 3.63) is 53.6 Å². The van der Waals surface area contributed by atoms with Gasteiger partial charge in [0.05, 0.1) is 0 Å². The zero-order valence-corrected chi connectivity index (χ0v) is 20.6. The van der Waals surface area contributed by atoms with Crippen LogP contribution in [0.1, 0.15) is 43.2 Å². The molecule has 9 heteroatoms. The van der Waals surface area contributed by atoms with Crippen LogP contribution in [-0.2, 0) is 22.5 Å². The zero-order chi connectivity index (χ0) is 24.8. The number of nitrogens with zero attached hydrogens (tertiary/aromatic N) is 1. The van der Waals surface area contributed by atoms with Gasteiger partial charge in [-0.15, -0.1) is 11.8 Å². The fourth-order valence-electron chi connectivity index (χ4n) is 4.67. The molecule has 3 amide bonds. The number of carbonyl (C=O) groups is 3. The van der Waals surface area contributed by atoms with Gasteiger partial charge in [0, 0.05) is 35.8 Å². The molecule has 35 heavy (non-hydrogen) atoms. The van der Waals surface area contributed by atoms with Crippen molar-refractivity contribution in [2.45, 2.75) is 56.1 Å². The lowest BCUT2D eigenvalue weighted by Crippen LogP contribution is -2.39. The van der Waals surface area contributed by atoms with Gasteiger partial charge in [0.25, 0.3) is 0 Å². The Kier molecular flexibility index (Phi) is 8.17. The maximum absolute atomic E-state index is 12.7. The third-order valence-corrected chi connectivity index (χ3v) is 7.35. The summed E-state index contributed by atoms with van der Waals surface area (Å²) in [7, 11) is 0. The molecule has 0 unspecified atom stereocenters. The molecule has 1 fully saturated rings. The van der Waals surface area contributed by atoms with Gasteiger partial charge in [0.2, 0.25) is 0 Å². The van der Waals surface area contributed by atoms with E-state index in [1.165, 1.54) is 0 Å². The largest absolute Gasteiger partial charge is 0.481 e. The average Bonchev–Trinajstić information content (AvgIpc) is 2.85. The third-order valence-electron chi connectivity index (χ3n) is 6.61. The van der Waals surface area contributed by atoms with E-state index in [1.807, 2.05) is 48.7 Å². The van der Waals surface area contributed by atoms with E-state index < -0.39 is 5.97 Å². The number of urea groups is 1. The molecule has 0 bridgehead atoms. The van der Waals surface area contributed by atoms with Gasteiger partial charge in [-0.2, -0.15) is 0 Å². The number of carboxylic acid groups (broad SMARTS) is 1. The van der Waals surface area contributed by atoms with Crippen molar-refractivity contribution in [2.75, 3.05) is 23.4 Å². The molecule has 0 spiro atoms. The van der Waals surface area contributed by atoms with Gasteiger partial charge in [0.15, 0.2) is 0 Å². The molecule has 0 saturated heterocycles. The first-order chi connectivity index (χ1) is 16.9. The van der Waals surface area contributed by atoms with Crippen LogP contribution >= 0.6 is 11.8 Å². The van der Waals surface area contributed by atoms with E-state index in [2.05, 4.69) is 10.6 Å². The number of ether oxygens (including phenoxy) is 1. The fraction of sp³-hybridized carbons (Fsp3) is 0.423. The number of aliphatic carboxylic acids is 1. The first kappa shape index (κ1) is 24.9. The Bertz CT molecular complexity index is 1070. The minimum absolute atomic E-state index is 0.143. The van der Waals surface area contributed by atoms with Crippen LogP contribution in [-0.4, -0.2) is 47.0 Å². The minimum Gasteiger partial charge on any atom is -0.481 e. The van der Waals surface area contributed by atoms with Gasteiger partial charge in [-0.1, -0.05) is 6.07 Å². The first-order valence-corrected chi connectivity index (χ1v) is 13.1. The Morgan fingerprint density at radius 3 is 2.37 bits per heavy atom. The SMILES string of the molecule is CSc1ccc(NC(=O)Nc2ccc3c(c2)CCN(C(=O)O[C@H]2CC[C@H](CC(=O)O)CC2)C3)cc1. The number of fused-ring (bicyclic) bond motifs is 1. The zero-order valence-electron chi connectivity index (χ0n) is 19.8. The van der Waals surface area contributed by atoms with Gasteiger partial charge >= 0.3 is 18.1 Å². The second-order valence-electron chi connectivity index (χ2n) is 9.09. The van der Waals surface area contributed by atoms with Gasteiger partial charge in [0.1, 0.15) is 6.10 Å². The Balaban J connectivity index is 1.26. The number of rotatable bonds is 6. The van der Waals surface area contributed by atoms with E-state index in [0.29, 0.717) is 38.0 Å². The molecule has 0 atom stereocenters. The predicted octanol–water partition coefficient (Wildman–Crippen LogP) is 5.58. The summed E-state index contributed by atoms with van der Waals surface area (Å²) in [5.74, 6) is -0.590. The number of carbonyl (C=O) groups excluding carboxylic acids is 2. The third kappa shape index (κ3) is 6.91. The smallest absolute Gasteiger partial charge is 0.410 e. The minimum atomic E-state index is -0.766.